The number of rotatable bonds is 4. The lowest BCUT2D eigenvalue weighted by Crippen LogP contribution is -2.68. The molecule has 0 amide bonds. The van der Waals surface area contributed by atoms with Crippen LogP contribution in [0.25, 0.3) is 0 Å². The van der Waals surface area contributed by atoms with Gasteiger partial charge in [-0.2, -0.15) is 13.2 Å². The number of aromatic nitrogens is 1. The first-order valence-electron chi connectivity index (χ1n) is 9.36. The number of aryl methyl sites for hydroxylation is 1. The topological polar surface area (TPSA) is 97.6 Å². The maximum Gasteiger partial charge on any atom is 0.414 e. The van der Waals surface area contributed by atoms with Crippen molar-refractivity contribution in [3.05, 3.63) is 52.6 Å². The number of carbonyl (C=O) groups excluding carboxylic acids is 1. The van der Waals surface area contributed by atoms with E-state index in [1.165, 1.54) is 23.1 Å². The van der Waals surface area contributed by atoms with E-state index in [4.69, 9.17) is 11.5 Å². The fourth-order valence-corrected chi connectivity index (χ4v) is 4.55. The molecule has 1 aromatic carbocycles. The molecule has 1 saturated heterocycles. The summed E-state index contributed by atoms with van der Waals surface area (Å²) >= 11 is 1.18. The number of fused-ring (bicyclic) bond motifs is 1. The number of dihydropyridines is 1. The Bertz CT molecular complexity index is 1020. The van der Waals surface area contributed by atoms with Crippen LogP contribution in [0.1, 0.15) is 12.0 Å². The van der Waals surface area contributed by atoms with E-state index in [1.54, 1.807) is 4.90 Å². The highest BCUT2D eigenvalue weighted by atomic mass is 32.1. The number of halogens is 3. The monoisotopic (exact) mass is 435 g/mol. The smallest absolute Gasteiger partial charge is 0.387 e. The molecule has 4 rings (SSSR count). The molecule has 1 fully saturated rings. The van der Waals surface area contributed by atoms with Gasteiger partial charge in [-0.05, 0) is 18.4 Å². The van der Waals surface area contributed by atoms with E-state index in [0.29, 0.717) is 17.2 Å². The average Bonchev–Trinajstić information content (AvgIpc) is 3.14. The van der Waals surface area contributed by atoms with E-state index in [1.807, 2.05) is 30.3 Å². The lowest BCUT2D eigenvalue weighted by molar-refractivity contribution is -0.124. The number of nitrogen functional groups attached to an aromatic ring is 1. The SMILES string of the molecule is Nc1scnc1N1CC2C=NCC(C(F)(F)F)=C2C(=O)C1(N)CCc1ccccc1. The van der Waals surface area contributed by atoms with Gasteiger partial charge in [-0.1, -0.05) is 30.3 Å². The van der Waals surface area contributed by atoms with E-state index in [9.17, 15) is 18.0 Å². The van der Waals surface area contributed by atoms with Crippen molar-refractivity contribution < 1.29 is 18.0 Å². The van der Waals surface area contributed by atoms with Crippen molar-refractivity contribution in [3.63, 3.8) is 0 Å². The van der Waals surface area contributed by atoms with Crippen LogP contribution < -0.4 is 16.4 Å². The highest BCUT2D eigenvalue weighted by Crippen LogP contribution is 2.42. The molecule has 2 aromatic rings. The van der Waals surface area contributed by atoms with Gasteiger partial charge < -0.3 is 16.4 Å². The molecule has 0 spiro atoms. The Morgan fingerprint density at radius 2 is 2.00 bits per heavy atom. The fourth-order valence-electron chi connectivity index (χ4n) is 4.01. The number of thiazole rings is 1. The zero-order valence-electron chi connectivity index (χ0n) is 15.9. The second-order valence-electron chi connectivity index (χ2n) is 7.38. The Kier molecular flexibility index (Phi) is 5.15. The van der Waals surface area contributed by atoms with Crippen molar-refractivity contribution in [1.82, 2.24) is 4.98 Å². The van der Waals surface area contributed by atoms with Gasteiger partial charge in [0.25, 0.3) is 0 Å². The number of carbonyl (C=O) groups is 1. The predicted molar refractivity (Wildman–Crippen MR) is 110 cm³/mol. The second kappa shape index (κ2) is 7.51. The molecule has 0 aliphatic carbocycles. The van der Waals surface area contributed by atoms with Crippen molar-refractivity contribution in [2.24, 2.45) is 16.6 Å². The number of ketones is 1. The van der Waals surface area contributed by atoms with Gasteiger partial charge in [-0.15, -0.1) is 11.3 Å². The summed E-state index contributed by atoms with van der Waals surface area (Å²) in [6.45, 7) is -0.530. The minimum Gasteiger partial charge on any atom is -0.387 e. The van der Waals surface area contributed by atoms with Gasteiger partial charge in [0.15, 0.2) is 17.3 Å². The van der Waals surface area contributed by atoms with E-state index in [2.05, 4.69) is 9.98 Å². The number of benzene rings is 1. The maximum absolute atomic E-state index is 13.7. The number of aliphatic imine (C=N–C) groups is 1. The molecule has 0 radical (unpaired) electrons. The van der Waals surface area contributed by atoms with E-state index < -0.39 is 35.7 Å². The van der Waals surface area contributed by atoms with Crippen LogP contribution in [0.4, 0.5) is 24.0 Å². The largest absolute Gasteiger partial charge is 0.414 e. The molecule has 158 valence electrons. The lowest BCUT2D eigenvalue weighted by atomic mass is 9.77. The van der Waals surface area contributed by atoms with Gasteiger partial charge in [-0.25, -0.2) is 4.98 Å². The minimum atomic E-state index is -4.65. The Balaban J connectivity index is 1.79. The van der Waals surface area contributed by atoms with E-state index in [0.717, 1.165) is 5.56 Å². The Labute approximate surface area is 175 Å². The Morgan fingerprint density at radius 3 is 2.63 bits per heavy atom. The van der Waals surface area contributed by atoms with Crippen LogP contribution in [0.15, 0.2) is 52.0 Å². The van der Waals surface area contributed by atoms with E-state index >= 15 is 0 Å². The summed E-state index contributed by atoms with van der Waals surface area (Å²) < 4.78 is 41.0. The van der Waals surface area contributed by atoms with Gasteiger partial charge in [0.2, 0.25) is 0 Å². The number of hydrogen-bond donors (Lipinski definition) is 2. The Hall–Kier alpha value is -2.72. The molecular weight excluding hydrogens is 415 g/mol. The highest BCUT2D eigenvalue weighted by Gasteiger charge is 2.53. The van der Waals surface area contributed by atoms with Gasteiger partial charge in [0, 0.05) is 24.3 Å². The van der Waals surface area contributed by atoms with Crippen molar-refractivity contribution in [3.8, 4) is 0 Å². The number of alkyl halides is 3. The molecule has 0 bridgehead atoms. The standard InChI is InChI=1S/C20H20F3N5OS/c21-20(22,23)14-9-26-8-13-10-28(18-17(24)30-11-27-18)19(25,16(29)15(13)14)7-6-12-4-2-1-3-5-12/h1-5,8,11,13H,6-7,9-10,24-25H2. The Morgan fingerprint density at radius 1 is 1.27 bits per heavy atom. The van der Waals surface area contributed by atoms with Crippen molar-refractivity contribution in [2.75, 3.05) is 23.7 Å². The summed E-state index contributed by atoms with van der Waals surface area (Å²) in [5, 5.41) is 0.355. The highest BCUT2D eigenvalue weighted by molar-refractivity contribution is 7.14. The maximum atomic E-state index is 13.7. The van der Waals surface area contributed by atoms with Crippen molar-refractivity contribution >= 4 is 34.2 Å². The number of nitrogens with two attached hydrogens (primary N) is 2. The molecule has 2 atom stereocenters. The zero-order valence-corrected chi connectivity index (χ0v) is 16.7. The lowest BCUT2D eigenvalue weighted by Gasteiger charge is -2.48. The summed E-state index contributed by atoms with van der Waals surface area (Å²) in [4.78, 5) is 23.2. The predicted octanol–water partition coefficient (Wildman–Crippen LogP) is 2.96. The molecule has 10 heteroatoms. The fraction of sp³-hybridized carbons (Fsp3) is 0.350. The van der Waals surface area contributed by atoms with Crippen LogP contribution in [0.2, 0.25) is 0 Å². The van der Waals surface area contributed by atoms with Crippen molar-refractivity contribution in [1.29, 1.82) is 0 Å². The molecule has 2 unspecified atom stereocenters. The van der Waals surface area contributed by atoms with Crippen LogP contribution in [0, 0.1) is 5.92 Å². The second-order valence-corrected chi connectivity index (χ2v) is 8.26. The van der Waals surface area contributed by atoms with E-state index in [-0.39, 0.29) is 18.5 Å². The molecular formula is C20H20F3N5OS. The zero-order chi connectivity index (χ0) is 21.5. The first kappa shape index (κ1) is 20.5. The third-order valence-corrected chi connectivity index (χ3v) is 6.19. The summed E-state index contributed by atoms with van der Waals surface area (Å²) in [7, 11) is 0. The van der Waals surface area contributed by atoms with Gasteiger partial charge >= 0.3 is 6.18 Å². The van der Waals surface area contributed by atoms with Crippen LogP contribution in [0.3, 0.4) is 0 Å². The normalized spacial score (nSPS) is 24.3. The van der Waals surface area contributed by atoms with Gasteiger partial charge in [0.05, 0.1) is 17.6 Å². The number of piperidine rings is 1. The molecule has 6 nitrogen and oxygen atoms in total. The first-order chi connectivity index (χ1) is 14.2. The van der Waals surface area contributed by atoms with Crippen LogP contribution in [-0.4, -0.2) is 41.9 Å². The third kappa shape index (κ3) is 3.50. The molecule has 2 aliphatic heterocycles. The van der Waals surface area contributed by atoms with Crippen LogP contribution >= 0.6 is 11.3 Å². The average molecular weight is 435 g/mol. The molecule has 3 heterocycles. The molecule has 2 aliphatic rings. The number of Topliss-reactive ketones (excluding diaryl/α,β-unsaturated/α-hetero) is 1. The third-order valence-electron chi connectivity index (χ3n) is 5.54. The number of anilines is 2. The van der Waals surface area contributed by atoms with Crippen LogP contribution in [0.5, 0.6) is 0 Å². The van der Waals surface area contributed by atoms with Gasteiger partial charge in [-0.3, -0.25) is 9.79 Å². The molecule has 1 aromatic heterocycles. The summed E-state index contributed by atoms with van der Waals surface area (Å²) in [5.74, 6) is -1.26. The minimum absolute atomic E-state index is 0.0450. The summed E-state index contributed by atoms with van der Waals surface area (Å²) in [5.41, 5.74) is 12.2. The molecule has 30 heavy (non-hydrogen) atoms. The van der Waals surface area contributed by atoms with Gasteiger partial charge in [0.1, 0.15) is 5.00 Å². The molecule has 4 N–H and O–H groups in total. The number of nitrogens with zero attached hydrogens (tertiary/aromatic N) is 3. The van der Waals surface area contributed by atoms with Crippen molar-refractivity contribution in [2.45, 2.75) is 24.7 Å². The van der Waals surface area contributed by atoms with Crippen LogP contribution in [-0.2, 0) is 11.2 Å². The molecule has 0 saturated carbocycles. The first-order valence-corrected chi connectivity index (χ1v) is 10.2. The summed E-state index contributed by atoms with van der Waals surface area (Å²) in [6, 6.07) is 9.34. The quantitative estimate of drug-likeness (QED) is 0.770. The number of hydrogen-bond acceptors (Lipinski definition) is 7. The summed E-state index contributed by atoms with van der Waals surface area (Å²) in [6.07, 6.45) is -2.72.